The lowest BCUT2D eigenvalue weighted by molar-refractivity contribution is -0.387. The molecule has 1 fully saturated rings. The second-order valence-electron chi connectivity index (χ2n) is 3.91. The topological polar surface area (TPSA) is 92.5 Å². The number of nitrogens with zero attached hydrogens (tertiary/aromatic N) is 1. The van der Waals surface area contributed by atoms with Gasteiger partial charge in [-0.1, -0.05) is 30.0 Å². The van der Waals surface area contributed by atoms with Gasteiger partial charge in [-0.05, 0) is 17.7 Å². The van der Waals surface area contributed by atoms with Crippen molar-refractivity contribution in [3.05, 3.63) is 38.8 Å². The highest BCUT2D eigenvalue weighted by atomic mass is 32.2. The zero-order valence-corrected chi connectivity index (χ0v) is 13.0. The van der Waals surface area contributed by atoms with E-state index in [0.29, 0.717) is 25.4 Å². The molecule has 1 aliphatic heterocycles. The van der Waals surface area contributed by atoms with Gasteiger partial charge in [0.1, 0.15) is 4.32 Å². The number of thioether (sulfide) groups is 2. The maximum Gasteiger partial charge on any atom is 0.283 e. The number of amides is 1. The van der Waals surface area contributed by atoms with E-state index >= 15 is 0 Å². The first-order valence-electron chi connectivity index (χ1n) is 5.78. The molecule has 0 aliphatic carbocycles. The average molecular weight is 342 g/mol. The lowest BCUT2D eigenvalue weighted by atomic mass is 10.2. The van der Waals surface area contributed by atoms with Gasteiger partial charge in [0.2, 0.25) is 0 Å². The fourth-order valence-electron chi connectivity index (χ4n) is 1.62. The van der Waals surface area contributed by atoms with Gasteiger partial charge in [-0.25, -0.2) is 0 Å². The van der Waals surface area contributed by atoms with Gasteiger partial charge in [0.25, 0.3) is 11.6 Å². The molecule has 0 spiro atoms. The summed E-state index contributed by atoms with van der Waals surface area (Å²) in [5, 5.41) is 22.4. The lowest BCUT2D eigenvalue weighted by Gasteiger charge is -2.03. The van der Waals surface area contributed by atoms with Crippen LogP contribution in [-0.2, 0) is 4.79 Å². The molecule has 9 heteroatoms. The molecule has 1 saturated heterocycles. The first-order valence-corrected chi connectivity index (χ1v) is 7.99. The molecule has 1 aromatic carbocycles. The summed E-state index contributed by atoms with van der Waals surface area (Å²) in [4.78, 5) is 23.1. The minimum Gasteiger partial charge on any atom is -0.396 e. The zero-order valence-electron chi connectivity index (χ0n) is 10.6. The van der Waals surface area contributed by atoms with Gasteiger partial charge >= 0.3 is 0 Å². The van der Waals surface area contributed by atoms with Crippen molar-refractivity contribution >= 4 is 57.7 Å². The SMILES string of the molecule is O=C1NC(=S)S/C1=C/c1ccc(SCCO)c([N+](=O)[O-])c1. The number of carbonyl (C=O) groups is 1. The van der Waals surface area contributed by atoms with Crippen molar-refractivity contribution in [1.29, 1.82) is 0 Å². The third-order valence-electron chi connectivity index (χ3n) is 2.47. The minimum absolute atomic E-state index is 0.0474. The van der Waals surface area contributed by atoms with E-state index in [9.17, 15) is 14.9 Å². The molecule has 0 unspecified atom stereocenters. The third kappa shape index (κ3) is 4.03. The minimum atomic E-state index is -0.478. The van der Waals surface area contributed by atoms with Crippen LogP contribution in [-0.4, -0.2) is 32.6 Å². The van der Waals surface area contributed by atoms with Crippen molar-refractivity contribution < 1.29 is 14.8 Å². The molecular formula is C12H10N2O4S3. The van der Waals surface area contributed by atoms with Gasteiger partial charge < -0.3 is 10.4 Å². The van der Waals surface area contributed by atoms with Crippen LogP contribution in [0.2, 0.25) is 0 Å². The van der Waals surface area contributed by atoms with E-state index in [0.717, 1.165) is 11.8 Å². The molecule has 0 atom stereocenters. The average Bonchev–Trinajstić information content (AvgIpc) is 2.75. The predicted octanol–water partition coefficient (Wildman–Crippen LogP) is 2.17. The van der Waals surface area contributed by atoms with Crippen molar-refractivity contribution in [3.63, 3.8) is 0 Å². The van der Waals surface area contributed by atoms with Crippen LogP contribution in [0, 0.1) is 10.1 Å². The smallest absolute Gasteiger partial charge is 0.283 e. The summed E-state index contributed by atoms with van der Waals surface area (Å²) in [7, 11) is 0. The molecule has 2 rings (SSSR count). The Morgan fingerprint density at radius 2 is 2.29 bits per heavy atom. The summed E-state index contributed by atoms with van der Waals surface area (Å²) in [6.45, 7) is -0.0537. The van der Waals surface area contributed by atoms with Crippen LogP contribution in [0.4, 0.5) is 5.69 Å². The van der Waals surface area contributed by atoms with Crippen molar-refractivity contribution in [3.8, 4) is 0 Å². The predicted molar refractivity (Wildman–Crippen MR) is 87.2 cm³/mol. The summed E-state index contributed by atoms with van der Waals surface area (Å²) in [5.41, 5.74) is 0.506. The van der Waals surface area contributed by atoms with Crippen LogP contribution >= 0.6 is 35.7 Å². The standard InChI is InChI=1S/C12H10N2O4S3/c15-3-4-20-9-2-1-7(5-8(9)14(17)18)6-10-11(16)13-12(19)21-10/h1-2,5-6,15H,3-4H2,(H,13,16,19)/b10-6+. The van der Waals surface area contributed by atoms with Gasteiger partial charge in [0, 0.05) is 11.8 Å². The van der Waals surface area contributed by atoms with Crippen LogP contribution in [0.3, 0.4) is 0 Å². The highest BCUT2D eigenvalue weighted by molar-refractivity contribution is 8.26. The second kappa shape index (κ2) is 7.03. The highest BCUT2D eigenvalue weighted by Gasteiger charge is 2.22. The Labute approximate surface area is 134 Å². The fraction of sp³-hybridized carbons (Fsp3) is 0.167. The van der Waals surface area contributed by atoms with Gasteiger partial charge in [-0.2, -0.15) is 0 Å². The number of aliphatic hydroxyl groups excluding tert-OH is 1. The van der Waals surface area contributed by atoms with Crippen molar-refractivity contribution in [2.75, 3.05) is 12.4 Å². The molecular weight excluding hydrogens is 332 g/mol. The maximum atomic E-state index is 11.6. The Morgan fingerprint density at radius 1 is 1.52 bits per heavy atom. The number of nitro benzene ring substituents is 1. The Balaban J connectivity index is 2.32. The molecule has 110 valence electrons. The van der Waals surface area contributed by atoms with E-state index in [1.54, 1.807) is 18.2 Å². The van der Waals surface area contributed by atoms with Gasteiger partial charge in [-0.15, -0.1) is 11.8 Å². The van der Waals surface area contributed by atoms with Crippen molar-refractivity contribution in [2.45, 2.75) is 4.90 Å². The third-order valence-corrected chi connectivity index (χ3v) is 4.67. The number of rotatable bonds is 5. The van der Waals surface area contributed by atoms with E-state index < -0.39 is 4.92 Å². The van der Waals surface area contributed by atoms with Crippen LogP contribution in [0.5, 0.6) is 0 Å². The number of carbonyl (C=O) groups excluding carboxylic acids is 1. The number of nitrogens with one attached hydrogen (secondary N) is 1. The van der Waals surface area contributed by atoms with E-state index in [4.69, 9.17) is 17.3 Å². The molecule has 1 aliphatic rings. The Morgan fingerprint density at radius 3 is 2.86 bits per heavy atom. The molecule has 0 bridgehead atoms. The monoisotopic (exact) mass is 342 g/mol. The molecule has 0 aromatic heterocycles. The van der Waals surface area contributed by atoms with Crippen LogP contribution in [0.15, 0.2) is 28.0 Å². The summed E-state index contributed by atoms with van der Waals surface area (Å²) in [6, 6.07) is 4.71. The summed E-state index contributed by atoms with van der Waals surface area (Å²) in [6.07, 6.45) is 1.56. The summed E-state index contributed by atoms with van der Waals surface area (Å²) >= 11 is 7.22. The number of nitro groups is 1. The van der Waals surface area contributed by atoms with E-state index in [2.05, 4.69) is 5.32 Å². The molecule has 1 aromatic rings. The Hall–Kier alpha value is -1.42. The van der Waals surface area contributed by atoms with E-state index in [1.165, 1.54) is 17.8 Å². The molecule has 1 heterocycles. The van der Waals surface area contributed by atoms with Crippen LogP contribution < -0.4 is 5.32 Å². The van der Waals surface area contributed by atoms with Gasteiger partial charge in [0.05, 0.1) is 21.3 Å². The molecule has 2 N–H and O–H groups in total. The van der Waals surface area contributed by atoms with Crippen LogP contribution in [0.1, 0.15) is 5.56 Å². The first kappa shape index (κ1) is 16.0. The van der Waals surface area contributed by atoms with Crippen molar-refractivity contribution in [1.82, 2.24) is 5.32 Å². The van der Waals surface area contributed by atoms with Gasteiger partial charge in [-0.3, -0.25) is 14.9 Å². The number of benzene rings is 1. The molecule has 1 amide bonds. The number of thiocarbonyl (C=S) groups is 1. The zero-order chi connectivity index (χ0) is 15.4. The Kier molecular flexibility index (Phi) is 5.34. The summed E-state index contributed by atoms with van der Waals surface area (Å²) in [5.74, 6) is 0.0831. The van der Waals surface area contributed by atoms with E-state index in [1.807, 2.05) is 0 Å². The Bertz CT molecular complexity index is 645. The molecule has 0 radical (unpaired) electrons. The number of aliphatic hydroxyl groups is 1. The number of hydrogen-bond donors (Lipinski definition) is 2. The normalized spacial score (nSPS) is 16.3. The van der Waals surface area contributed by atoms with Crippen molar-refractivity contribution in [2.24, 2.45) is 0 Å². The molecule has 6 nitrogen and oxygen atoms in total. The number of hydrogen-bond acceptors (Lipinski definition) is 7. The largest absolute Gasteiger partial charge is 0.396 e. The van der Waals surface area contributed by atoms with E-state index in [-0.39, 0.29) is 18.2 Å². The molecule has 21 heavy (non-hydrogen) atoms. The van der Waals surface area contributed by atoms with Gasteiger partial charge in [0.15, 0.2) is 0 Å². The highest BCUT2D eigenvalue weighted by Crippen LogP contribution is 2.32. The van der Waals surface area contributed by atoms with Crippen LogP contribution in [0.25, 0.3) is 6.08 Å². The maximum absolute atomic E-state index is 11.6. The quantitative estimate of drug-likeness (QED) is 0.278. The first-order chi connectivity index (χ1) is 10.0. The summed E-state index contributed by atoms with van der Waals surface area (Å²) < 4.78 is 0.371. The fourth-order valence-corrected chi connectivity index (χ4v) is 3.42. The second-order valence-corrected chi connectivity index (χ2v) is 6.76. The molecule has 0 saturated carbocycles. The lowest BCUT2D eigenvalue weighted by Crippen LogP contribution is -2.17.